The van der Waals surface area contributed by atoms with Crippen LogP contribution in [-0.2, 0) is 20.4 Å². The number of benzene rings is 1. The number of nitrogens with zero attached hydrogens (tertiary/aromatic N) is 1. The summed E-state index contributed by atoms with van der Waals surface area (Å²) >= 11 is 0. The Hall–Kier alpha value is -2.09. The normalized spacial score (nSPS) is 17.4. The number of amides is 1. The van der Waals surface area contributed by atoms with Crippen molar-refractivity contribution in [2.45, 2.75) is 31.5 Å². The first kappa shape index (κ1) is 19.2. The summed E-state index contributed by atoms with van der Waals surface area (Å²) in [5.74, 6) is -0.898. The lowest BCUT2D eigenvalue weighted by Gasteiger charge is -2.25. The van der Waals surface area contributed by atoms with Crippen LogP contribution in [-0.4, -0.2) is 49.7 Å². The van der Waals surface area contributed by atoms with Crippen LogP contribution in [0.3, 0.4) is 0 Å². The van der Waals surface area contributed by atoms with E-state index in [1.807, 2.05) is 0 Å². The second-order valence-electron chi connectivity index (χ2n) is 5.79. The van der Waals surface area contributed by atoms with E-state index in [2.05, 4.69) is 4.74 Å². The van der Waals surface area contributed by atoms with Gasteiger partial charge >= 0.3 is 12.1 Å². The van der Waals surface area contributed by atoms with Crippen molar-refractivity contribution in [1.29, 1.82) is 0 Å². The number of carbonyl (C=O) groups excluding carboxylic acids is 2. The summed E-state index contributed by atoms with van der Waals surface area (Å²) in [6, 6.07) is 4.03. The van der Waals surface area contributed by atoms with Crippen molar-refractivity contribution in [1.82, 2.24) is 4.90 Å². The summed E-state index contributed by atoms with van der Waals surface area (Å²) in [4.78, 5) is 25.4. The summed E-state index contributed by atoms with van der Waals surface area (Å²) in [5.41, 5.74) is -0.680. The highest BCUT2D eigenvalue weighted by Crippen LogP contribution is 2.29. The topological polar surface area (TPSA) is 55.8 Å². The van der Waals surface area contributed by atoms with Crippen molar-refractivity contribution in [3.63, 3.8) is 0 Å². The first-order valence-corrected chi connectivity index (χ1v) is 7.96. The quantitative estimate of drug-likeness (QED) is 0.733. The van der Waals surface area contributed by atoms with Gasteiger partial charge in [-0.1, -0.05) is 0 Å². The first-order valence-electron chi connectivity index (χ1n) is 7.96. The molecule has 1 fully saturated rings. The van der Waals surface area contributed by atoms with Gasteiger partial charge in [0.2, 0.25) is 0 Å². The Labute approximate surface area is 143 Å². The van der Waals surface area contributed by atoms with Crippen molar-refractivity contribution in [2.75, 3.05) is 26.8 Å². The van der Waals surface area contributed by atoms with Gasteiger partial charge in [-0.3, -0.25) is 9.59 Å². The highest BCUT2D eigenvalue weighted by atomic mass is 19.4. The summed E-state index contributed by atoms with van der Waals surface area (Å²) in [5, 5.41) is 0. The third kappa shape index (κ3) is 5.45. The number of esters is 1. The van der Waals surface area contributed by atoms with E-state index in [1.165, 1.54) is 12.0 Å². The Morgan fingerprint density at radius 2 is 1.96 bits per heavy atom. The predicted octanol–water partition coefficient (Wildman–Crippen LogP) is 2.89. The lowest BCUT2D eigenvalue weighted by molar-refractivity contribution is -0.141. The van der Waals surface area contributed by atoms with Gasteiger partial charge in [-0.15, -0.1) is 0 Å². The van der Waals surface area contributed by atoms with Crippen LogP contribution >= 0.6 is 0 Å². The number of rotatable bonds is 6. The van der Waals surface area contributed by atoms with Crippen LogP contribution in [0, 0.1) is 0 Å². The average Bonchev–Trinajstić information content (AvgIpc) is 3.10. The molecule has 0 spiro atoms. The Kier molecular flexibility index (Phi) is 6.41. The molecular formula is C17H20F3NO4. The van der Waals surface area contributed by atoms with E-state index in [0.717, 1.165) is 37.1 Å². The zero-order valence-electron chi connectivity index (χ0n) is 13.8. The monoisotopic (exact) mass is 359 g/mol. The SMILES string of the molecule is COC(=O)CCN(CC1CCCO1)C(=O)c1ccc(C(F)(F)F)cc1. The van der Waals surface area contributed by atoms with Crippen LogP contribution in [0.2, 0.25) is 0 Å². The predicted molar refractivity (Wildman–Crippen MR) is 83.0 cm³/mol. The van der Waals surface area contributed by atoms with Crippen molar-refractivity contribution in [3.8, 4) is 0 Å². The fourth-order valence-electron chi connectivity index (χ4n) is 2.62. The van der Waals surface area contributed by atoms with E-state index in [-0.39, 0.29) is 31.2 Å². The van der Waals surface area contributed by atoms with E-state index in [1.54, 1.807) is 0 Å². The van der Waals surface area contributed by atoms with Crippen molar-refractivity contribution in [3.05, 3.63) is 35.4 Å². The number of hydrogen-bond donors (Lipinski definition) is 0. The van der Waals surface area contributed by atoms with Gasteiger partial charge in [0.1, 0.15) is 0 Å². The second kappa shape index (κ2) is 8.33. The van der Waals surface area contributed by atoms with Crippen LogP contribution in [0.25, 0.3) is 0 Å². The molecule has 2 rings (SSSR count). The van der Waals surface area contributed by atoms with E-state index < -0.39 is 23.6 Å². The van der Waals surface area contributed by atoms with Crippen LogP contribution in [0.1, 0.15) is 35.2 Å². The van der Waals surface area contributed by atoms with Crippen LogP contribution in [0.4, 0.5) is 13.2 Å². The molecular weight excluding hydrogens is 339 g/mol. The van der Waals surface area contributed by atoms with Crippen molar-refractivity contribution < 1.29 is 32.2 Å². The fourth-order valence-corrected chi connectivity index (χ4v) is 2.62. The lowest BCUT2D eigenvalue weighted by Crippen LogP contribution is -2.38. The fraction of sp³-hybridized carbons (Fsp3) is 0.529. The highest BCUT2D eigenvalue weighted by Gasteiger charge is 2.31. The van der Waals surface area contributed by atoms with Gasteiger partial charge < -0.3 is 14.4 Å². The molecule has 1 aromatic rings. The zero-order chi connectivity index (χ0) is 18.4. The minimum atomic E-state index is -4.45. The molecule has 1 aromatic carbocycles. The van der Waals surface area contributed by atoms with Gasteiger partial charge in [0.05, 0.1) is 25.2 Å². The number of methoxy groups -OCH3 is 1. The Bertz CT molecular complexity index is 595. The van der Waals surface area contributed by atoms with E-state index in [0.29, 0.717) is 6.61 Å². The molecule has 1 aliphatic rings. The molecule has 1 unspecified atom stereocenters. The largest absolute Gasteiger partial charge is 0.469 e. The summed E-state index contributed by atoms with van der Waals surface area (Å²) < 4.78 is 48.0. The van der Waals surface area contributed by atoms with Crippen molar-refractivity contribution in [2.24, 2.45) is 0 Å². The van der Waals surface area contributed by atoms with E-state index in [4.69, 9.17) is 4.74 Å². The van der Waals surface area contributed by atoms with Gasteiger partial charge in [-0.05, 0) is 37.1 Å². The summed E-state index contributed by atoms with van der Waals surface area (Å²) in [6.07, 6.45) is -2.88. The molecule has 5 nitrogen and oxygen atoms in total. The van der Waals surface area contributed by atoms with Gasteiger partial charge in [0, 0.05) is 25.3 Å². The summed E-state index contributed by atoms with van der Waals surface area (Å²) in [6.45, 7) is 1.02. The molecule has 0 bridgehead atoms. The van der Waals surface area contributed by atoms with Crippen LogP contribution < -0.4 is 0 Å². The Morgan fingerprint density at radius 3 is 2.48 bits per heavy atom. The number of hydrogen-bond acceptors (Lipinski definition) is 4. The molecule has 0 radical (unpaired) electrons. The number of carbonyl (C=O) groups is 2. The maximum absolute atomic E-state index is 12.6. The van der Waals surface area contributed by atoms with Crippen molar-refractivity contribution >= 4 is 11.9 Å². The minimum absolute atomic E-state index is 0.00952. The molecule has 8 heteroatoms. The number of alkyl halides is 3. The molecule has 1 aliphatic heterocycles. The molecule has 0 N–H and O–H groups in total. The van der Waals surface area contributed by atoms with E-state index in [9.17, 15) is 22.8 Å². The van der Waals surface area contributed by atoms with E-state index >= 15 is 0 Å². The highest BCUT2D eigenvalue weighted by molar-refractivity contribution is 5.94. The molecule has 0 saturated carbocycles. The molecule has 1 amide bonds. The molecule has 138 valence electrons. The smallest absolute Gasteiger partial charge is 0.416 e. The molecule has 0 aromatic heterocycles. The lowest BCUT2D eigenvalue weighted by atomic mass is 10.1. The molecule has 1 saturated heterocycles. The third-order valence-electron chi connectivity index (χ3n) is 4.01. The van der Waals surface area contributed by atoms with Gasteiger partial charge in [-0.25, -0.2) is 0 Å². The summed E-state index contributed by atoms with van der Waals surface area (Å²) in [7, 11) is 1.25. The Balaban J connectivity index is 2.10. The first-order chi connectivity index (χ1) is 11.8. The maximum atomic E-state index is 12.6. The Morgan fingerprint density at radius 1 is 1.28 bits per heavy atom. The molecule has 1 heterocycles. The second-order valence-corrected chi connectivity index (χ2v) is 5.79. The molecule has 1 atom stereocenters. The number of halogens is 3. The molecule has 25 heavy (non-hydrogen) atoms. The average molecular weight is 359 g/mol. The zero-order valence-corrected chi connectivity index (χ0v) is 13.8. The van der Waals surface area contributed by atoms with Crippen LogP contribution in [0.15, 0.2) is 24.3 Å². The van der Waals surface area contributed by atoms with Gasteiger partial charge in [0.15, 0.2) is 0 Å². The van der Waals surface area contributed by atoms with Gasteiger partial charge in [0.25, 0.3) is 5.91 Å². The number of ether oxygens (including phenoxy) is 2. The third-order valence-corrected chi connectivity index (χ3v) is 4.01. The minimum Gasteiger partial charge on any atom is -0.469 e. The van der Waals surface area contributed by atoms with Crippen LogP contribution in [0.5, 0.6) is 0 Å². The maximum Gasteiger partial charge on any atom is 0.416 e. The molecule has 0 aliphatic carbocycles. The van der Waals surface area contributed by atoms with Gasteiger partial charge in [-0.2, -0.15) is 13.2 Å². The standard InChI is InChI=1S/C17H20F3NO4/c1-24-15(22)8-9-21(11-14-3-2-10-25-14)16(23)12-4-6-13(7-5-12)17(18,19)20/h4-7,14H,2-3,8-11H2,1H3.